The molecule has 0 radical (unpaired) electrons. The minimum atomic E-state index is -0.362. The van der Waals surface area contributed by atoms with Gasteiger partial charge in [0, 0.05) is 6.08 Å². The molecule has 6 nitrogen and oxygen atoms in total. The molecule has 23 heavy (non-hydrogen) atoms. The van der Waals surface area contributed by atoms with E-state index in [2.05, 4.69) is 30.0 Å². The lowest BCUT2D eigenvalue weighted by atomic mass is 10.2. The molecule has 1 aromatic rings. The fourth-order valence-corrected chi connectivity index (χ4v) is 1.73. The summed E-state index contributed by atoms with van der Waals surface area (Å²) in [5.74, 6) is 1.00. The average molecular weight is 337 g/mol. The Kier molecular flexibility index (Phi) is 8.52. The van der Waals surface area contributed by atoms with Gasteiger partial charge in [-0.3, -0.25) is 15.6 Å². The molecule has 4 N–H and O–H groups in total. The number of carbonyl (C=O) groups excluding carboxylic acids is 1. The Hall–Kier alpha value is -2.28. The van der Waals surface area contributed by atoms with Crippen LogP contribution in [0.5, 0.6) is 11.5 Å². The largest absolute Gasteiger partial charge is 0.490 e. The molecule has 0 unspecified atom stereocenters. The van der Waals surface area contributed by atoms with E-state index in [9.17, 15) is 4.79 Å². The topological polar surface area (TPSA) is 85.6 Å². The molecule has 0 spiro atoms. The van der Waals surface area contributed by atoms with E-state index in [1.807, 2.05) is 25.1 Å². The molecule has 0 bridgehead atoms. The summed E-state index contributed by atoms with van der Waals surface area (Å²) in [6.45, 7) is 5.21. The van der Waals surface area contributed by atoms with E-state index < -0.39 is 0 Å². The van der Waals surface area contributed by atoms with Gasteiger partial charge in [-0.15, -0.1) is 0 Å². The van der Waals surface area contributed by atoms with Crippen LogP contribution in [0.2, 0.25) is 0 Å². The van der Waals surface area contributed by atoms with Crippen molar-refractivity contribution in [2.45, 2.75) is 26.7 Å². The SMILES string of the molecule is CCCCOc1ccc(/C=C/C(=O)NNC(N)=S)cc1OCC. The predicted octanol–water partition coefficient (Wildman–Crippen LogP) is 2.14. The molecule has 7 heteroatoms. The summed E-state index contributed by atoms with van der Waals surface area (Å²) in [4.78, 5) is 11.5. The van der Waals surface area contributed by atoms with Crippen molar-refractivity contribution in [3.63, 3.8) is 0 Å². The van der Waals surface area contributed by atoms with Crippen molar-refractivity contribution in [1.82, 2.24) is 10.9 Å². The zero-order valence-electron chi connectivity index (χ0n) is 13.4. The summed E-state index contributed by atoms with van der Waals surface area (Å²) >= 11 is 4.59. The molecule has 0 aromatic heterocycles. The van der Waals surface area contributed by atoms with E-state index in [1.165, 1.54) is 6.08 Å². The Morgan fingerprint density at radius 1 is 1.26 bits per heavy atom. The highest BCUT2D eigenvalue weighted by atomic mass is 32.1. The fraction of sp³-hybridized carbons (Fsp3) is 0.375. The van der Waals surface area contributed by atoms with Gasteiger partial charge < -0.3 is 15.2 Å². The van der Waals surface area contributed by atoms with Gasteiger partial charge in [-0.05, 0) is 49.3 Å². The smallest absolute Gasteiger partial charge is 0.262 e. The first-order valence-electron chi connectivity index (χ1n) is 7.50. The number of carbonyl (C=O) groups is 1. The third-order valence-electron chi connectivity index (χ3n) is 2.76. The molecule has 0 heterocycles. The maximum Gasteiger partial charge on any atom is 0.262 e. The van der Waals surface area contributed by atoms with Crippen molar-refractivity contribution in [2.24, 2.45) is 5.73 Å². The number of unbranched alkanes of at least 4 members (excludes halogenated alkanes) is 1. The highest BCUT2D eigenvalue weighted by Gasteiger charge is 2.05. The first-order chi connectivity index (χ1) is 11.1. The third kappa shape index (κ3) is 7.51. The molecule has 0 aliphatic rings. The highest BCUT2D eigenvalue weighted by Crippen LogP contribution is 2.29. The van der Waals surface area contributed by atoms with Gasteiger partial charge in [0.15, 0.2) is 16.6 Å². The first kappa shape index (κ1) is 18.8. The summed E-state index contributed by atoms with van der Waals surface area (Å²) in [7, 11) is 0. The monoisotopic (exact) mass is 337 g/mol. The minimum Gasteiger partial charge on any atom is -0.490 e. The number of benzene rings is 1. The summed E-state index contributed by atoms with van der Waals surface area (Å²) in [6.07, 6.45) is 5.09. The molecular weight excluding hydrogens is 314 g/mol. The number of amides is 1. The van der Waals surface area contributed by atoms with Crippen LogP contribution in [0.4, 0.5) is 0 Å². The molecule has 0 saturated heterocycles. The standard InChI is InChI=1S/C16H23N3O3S/c1-3-5-10-22-13-8-6-12(11-14(13)21-4-2)7-9-15(20)18-19-16(17)23/h6-9,11H,3-5,10H2,1-2H3,(H,18,20)(H3,17,19,23)/b9-7+. The summed E-state index contributed by atoms with van der Waals surface area (Å²) in [5, 5.41) is -0.000960. The van der Waals surface area contributed by atoms with Gasteiger partial charge in [0.1, 0.15) is 0 Å². The summed E-state index contributed by atoms with van der Waals surface area (Å²) in [6, 6.07) is 5.52. The van der Waals surface area contributed by atoms with E-state index in [1.54, 1.807) is 6.08 Å². The first-order valence-corrected chi connectivity index (χ1v) is 7.90. The van der Waals surface area contributed by atoms with Crippen molar-refractivity contribution in [1.29, 1.82) is 0 Å². The Balaban J connectivity index is 2.73. The van der Waals surface area contributed by atoms with Crippen molar-refractivity contribution >= 4 is 29.3 Å². The zero-order valence-corrected chi connectivity index (χ0v) is 14.2. The summed E-state index contributed by atoms with van der Waals surface area (Å²) in [5.41, 5.74) is 10.7. The second-order valence-electron chi connectivity index (χ2n) is 4.65. The van der Waals surface area contributed by atoms with Crippen molar-refractivity contribution in [3.05, 3.63) is 29.8 Å². The molecule has 0 aliphatic heterocycles. The van der Waals surface area contributed by atoms with Crippen molar-refractivity contribution in [3.8, 4) is 11.5 Å². The Labute approximate surface area is 142 Å². The molecule has 0 aliphatic carbocycles. The van der Waals surface area contributed by atoms with Gasteiger partial charge in [-0.25, -0.2) is 0 Å². The predicted molar refractivity (Wildman–Crippen MR) is 95.1 cm³/mol. The average Bonchev–Trinajstić information content (AvgIpc) is 2.53. The van der Waals surface area contributed by atoms with Crippen LogP contribution in [0.25, 0.3) is 6.08 Å². The van der Waals surface area contributed by atoms with Crippen LogP contribution in [-0.2, 0) is 4.79 Å². The summed E-state index contributed by atoms with van der Waals surface area (Å²) < 4.78 is 11.3. The number of thiocarbonyl (C=S) groups is 1. The van der Waals surface area contributed by atoms with E-state index >= 15 is 0 Å². The Morgan fingerprint density at radius 2 is 2.04 bits per heavy atom. The quantitative estimate of drug-likeness (QED) is 0.292. The number of hydrogen-bond acceptors (Lipinski definition) is 4. The molecule has 1 rings (SSSR count). The highest BCUT2D eigenvalue weighted by molar-refractivity contribution is 7.80. The maximum atomic E-state index is 11.5. The van der Waals surface area contributed by atoms with Crippen LogP contribution in [0.15, 0.2) is 24.3 Å². The number of nitrogens with two attached hydrogens (primary N) is 1. The van der Waals surface area contributed by atoms with Crippen molar-refractivity contribution in [2.75, 3.05) is 13.2 Å². The van der Waals surface area contributed by atoms with Crippen LogP contribution < -0.4 is 26.1 Å². The normalized spacial score (nSPS) is 10.3. The Bertz CT molecular complexity index is 562. The van der Waals surface area contributed by atoms with Crippen LogP contribution in [0.1, 0.15) is 32.3 Å². The van der Waals surface area contributed by atoms with Gasteiger partial charge in [-0.2, -0.15) is 0 Å². The van der Waals surface area contributed by atoms with E-state index in [4.69, 9.17) is 15.2 Å². The third-order valence-corrected chi connectivity index (χ3v) is 2.86. The van der Waals surface area contributed by atoms with E-state index in [0.717, 1.165) is 18.4 Å². The van der Waals surface area contributed by atoms with Crippen LogP contribution >= 0.6 is 12.2 Å². The zero-order chi connectivity index (χ0) is 17.1. The lowest BCUT2D eigenvalue weighted by molar-refractivity contribution is -0.116. The number of ether oxygens (including phenoxy) is 2. The molecule has 126 valence electrons. The molecule has 0 atom stereocenters. The van der Waals surface area contributed by atoms with Crippen LogP contribution in [-0.4, -0.2) is 24.2 Å². The van der Waals surface area contributed by atoms with Crippen LogP contribution in [0, 0.1) is 0 Å². The molecule has 0 fully saturated rings. The molecule has 0 saturated carbocycles. The number of hydrazine groups is 1. The second-order valence-corrected chi connectivity index (χ2v) is 5.09. The van der Waals surface area contributed by atoms with Gasteiger partial charge in [0.05, 0.1) is 13.2 Å². The maximum absolute atomic E-state index is 11.5. The van der Waals surface area contributed by atoms with Crippen molar-refractivity contribution < 1.29 is 14.3 Å². The lowest BCUT2D eigenvalue weighted by Crippen LogP contribution is -2.43. The van der Waals surface area contributed by atoms with Gasteiger partial charge in [0.25, 0.3) is 5.91 Å². The second kappa shape index (κ2) is 10.4. The Morgan fingerprint density at radius 3 is 2.70 bits per heavy atom. The lowest BCUT2D eigenvalue weighted by Gasteiger charge is -2.12. The van der Waals surface area contributed by atoms with Gasteiger partial charge in [0.2, 0.25) is 0 Å². The minimum absolute atomic E-state index is 0.000960. The number of hydrogen-bond donors (Lipinski definition) is 3. The van der Waals surface area contributed by atoms with Gasteiger partial charge in [-0.1, -0.05) is 19.4 Å². The number of rotatable bonds is 8. The molecule has 1 aromatic carbocycles. The van der Waals surface area contributed by atoms with Gasteiger partial charge >= 0.3 is 0 Å². The van der Waals surface area contributed by atoms with E-state index in [0.29, 0.717) is 24.7 Å². The number of nitrogens with one attached hydrogen (secondary N) is 2. The fourth-order valence-electron chi connectivity index (χ4n) is 1.68. The molecule has 1 amide bonds. The van der Waals surface area contributed by atoms with E-state index in [-0.39, 0.29) is 11.0 Å². The van der Waals surface area contributed by atoms with Crippen LogP contribution in [0.3, 0.4) is 0 Å². The molecular formula is C16H23N3O3S.